The molecule has 0 N–H and O–H groups in total. The predicted octanol–water partition coefficient (Wildman–Crippen LogP) is 2.40. The van der Waals surface area contributed by atoms with Crippen LogP contribution in [0.1, 0.15) is 61.0 Å². The van der Waals surface area contributed by atoms with Crippen LogP contribution in [0.4, 0.5) is 0 Å². The van der Waals surface area contributed by atoms with Crippen LogP contribution in [0.5, 0.6) is 0 Å². The van der Waals surface area contributed by atoms with E-state index in [1.165, 1.54) is 37.1 Å². The molecule has 0 fully saturated rings. The van der Waals surface area contributed by atoms with Gasteiger partial charge in [0.05, 0.1) is 31.5 Å². The molecular weight excluding hydrogens is 366 g/mol. The number of carbonyl (C=O) groups is 4. The highest BCUT2D eigenvalue weighted by atomic mass is 16.5. The summed E-state index contributed by atoms with van der Waals surface area (Å²) in [6.07, 6.45) is 1.33. The van der Waals surface area contributed by atoms with Crippen molar-refractivity contribution in [3.05, 3.63) is 58.4 Å². The van der Waals surface area contributed by atoms with E-state index in [0.29, 0.717) is 0 Å². The van der Waals surface area contributed by atoms with Crippen LogP contribution in [0.25, 0.3) is 0 Å². The van der Waals surface area contributed by atoms with Gasteiger partial charge in [-0.05, 0) is 19.9 Å². The SMILES string of the molecule is CCOC(=O)c1cn(C)c(C(=O)c2ccccc2C(=O)OC)c1C(=O)OCC. The maximum absolute atomic E-state index is 13.2. The van der Waals surface area contributed by atoms with Crippen molar-refractivity contribution in [2.75, 3.05) is 20.3 Å². The van der Waals surface area contributed by atoms with E-state index in [2.05, 4.69) is 0 Å². The monoisotopic (exact) mass is 387 g/mol. The minimum atomic E-state index is -0.829. The number of ketones is 1. The normalized spacial score (nSPS) is 10.3. The highest BCUT2D eigenvalue weighted by molar-refractivity contribution is 6.19. The number of nitrogens with zero attached hydrogens (tertiary/aromatic N) is 1. The predicted molar refractivity (Wildman–Crippen MR) is 98.5 cm³/mol. The zero-order valence-corrected chi connectivity index (χ0v) is 16.1. The summed E-state index contributed by atoms with van der Waals surface area (Å²) in [5.74, 6) is -2.89. The Labute approximate surface area is 162 Å². The number of aromatic nitrogens is 1. The molecule has 0 amide bonds. The van der Waals surface area contributed by atoms with E-state index in [9.17, 15) is 19.2 Å². The summed E-state index contributed by atoms with van der Waals surface area (Å²) in [7, 11) is 2.72. The maximum atomic E-state index is 13.2. The van der Waals surface area contributed by atoms with Crippen LogP contribution in [0.3, 0.4) is 0 Å². The van der Waals surface area contributed by atoms with Crippen molar-refractivity contribution in [3.8, 4) is 0 Å². The molecular formula is C20H21NO7. The first-order chi connectivity index (χ1) is 13.4. The fourth-order valence-corrected chi connectivity index (χ4v) is 2.77. The van der Waals surface area contributed by atoms with E-state index in [4.69, 9.17) is 14.2 Å². The topological polar surface area (TPSA) is 101 Å². The van der Waals surface area contributed by atoms with E-state index in [-0.39, 0.29) is 41.2 Å². The van der Waals surface area contributed by atoms with Gasteiger partial charge in [-0.1, -0.05) is 18.2 Å². The third kappa shape index (κ3) is 3.95. The third-order valence-electron chi connectivity index (χ3n) is 3.95. The van der Waals surface area contributed by atoms with Crippen molar-refractivity contribution in [1.29, 1.82) is 0 Å². The first kappa shape index (κ1) is 20.9. The van der Waals surface area contributed by atoms with Crippen molar-refractivity contribution in [3.63, 3.8) is 0 Å². The Kier molecular flexibility index (Phi) is 6.70. The molecule has 0 aliphatic heterocycles. The molecule has 28 heavy (non-hydrogen) atoms. The van der Waals surface area contributed by atoms with E-state index >= 15 is 0 Å². The van der Waals surface area contributed by atoms with Crippen LogP contribution in [0.15, 0.2) is 30.5 Å². The molecule has 8 nitrogen and oxygen atoms in total. The summed E-state index contributed by atoms with van der Waals surface area (Å²) < 4.78 is 16.1. The van der Waals surface area contributed by atoms with Gasteiger partial charge in [0.2, 0.25) is 5.78 Å². The number of methoxy groups -OCH3 is 1. The van der Waals surface area contributed by atoms with Crippen LogP contribution in [-0.4, -0.2) is 48.6 Å². The summed E-state index contributed by atoms with van der Waals surface area (Å²) in [6, 6.07) is 6.06. The summed E-state index contributed by atoms with van der Waals surface area (Å²) in [6.45, 7) is 3.40. The first-order valence-electron chi connectivity index (χ1n) is 8.62. The Morgan fingerprint density at radius 3 is 2.00 bits per heavy atom. The van der Waals surface area contributed by atoms with Crippen molar-refractivity contribution >= 4 is 23.7 Å². The van der Waals surface area contributed by atoms with Crippen molar-refractivity contribution in [2.45, 2.75) is 13.8 Å². The smallest absolute Gasteiger partial charge is 0.341 e. The fourth-order valence-electron chi connectivity index (χ4n) is 2.77. The summed E-state index contributed by atoms with van der Waals surface area (Å²) in [5.41, 5.74) is -0.285. The third-order valence-corrected chi connectivity index (χ3v) is 3.95. The molecule has 0 atom stereocenters. The van der Waals surface area contributed by atoms with Gasteiger partial charge >= 0.3 is 17.9 Å². The Morgan fingerprint density at radius 1 is 0.857 bits per heavy atom. The average Bonchev–Trinajstić information content (AvgIpc) is 3.04. The Bertz CT molecular complexity index is 927. The molecule has 0 spiro atoms. The zero-order valence-electron chi connectivity index (χ0n) is 16.1. The van der Waals surface area contributed by atoms with Crippen LogP contribution in [0, 0.1) is 0 Å². The molecule has 8 heteroatoms. The van der Waals surface area contributed by atoms with E-state index in [1.807, 2.05) is 0 Å². The molecule has 148 valence electrons. The van der Waals surface area contributed by atoms with Crippen LogP contribution in [0.2, 0.25) is 0 Å². The zero-order chi connectivity index (χ0) is 20.8. The highest BCUT2D eigenvalue weighted by Gasteiger charge is 2.32. The summed E-state index contributed by atoms with van der Waals surface area (Å²) in [5, 5.41) is 0. The van der Waals surface area contributed by atoms with Crippen molar-refractivity contribution < 1.29 is 33.4 Å². The Morgan fingerprint density at radius 2 is 1.43 bits per heavy atom. The minimum Gasteiger partial charge on any atom is -0.465 e. The van der Waals surface area contributed by atoms with Gasteiger partial charge in [0.15, 0.2) is 0 Å². The lowest BCUT2D eigenvalue weighted by molar-refractivity contribution is 0.0479. The molecule has 1 heterocycles. The molecule has 0 unspecified atom stereocenters. The van der Waals surface area contributed by atoms with E-state index < -0.39 is 23.7 Å². The van der Waals surface area contributed by atoms with Crippen molar-refractivity contribution in [2.24, 2.45) is 7.05 Å². The molecule has 1 aromatic heterocycles. The van der Waals surface area contributed by atoms with E-state index in [0.717, 1.165) is 0 Å². The molecule has 0 aliphatic rings. The number of hydrogen-bond donors (Lipinski definition) is 0. The second kappa shape index (κ2) is 8.98. The second-order valence-electron chi connectivity index (χ2n) is 5.68. The number of aryl methyl sites for hydroxylation is 1. The number of ether oxygens (including phenoxy) is 3. The van der Waals surface area contributed by atoms with Gasteiger partial charge in [0.25, 0.3) is 0 Å². The van der Waals surface area contributed by atoms with Crippen molar-refractivity contribution in [1.82, 2.24) is 4.57 Å². The number of carbonyl (C=O) groups excluding carboxylic acids is 4. The molecule has 2 rings (SSSR count). The standard InChI is InChI=1S/C20H21NO7/c1-5-27-19(24)14-11-21(3)16(15(14)20(25)28-6-2)17(22)12-9-7-8-10-13(12)18(23)26-4/h7-11H,5-6H2,1-4H3. The summed E-state index contributed by atoms with van der Waals surface area (Å²) >= 11 is 0. The van der Waals surface area contributed by atoms with Gasteiger partial charge in [-0.2, -0.15) is 0 Å². The van der Waals surface area contributed by atoms with Gasteiger partial charge in [-0.3, -0.25) is 4.79 Å². The molecule has 0 radical (unpaired) electrons. The summed E-state index contributed by atoms with van der Waals surface area (Å²) in [4.78, 5) is 50.1. The second-order valence-corrected chi connectivity index (χ2v) is 5.68. The lowest BCUT2D eigenvalue weighted by atomic mass is 9.98. The highest BCUT2D eigenvalue weighted by Crippen LogP contribution is 2.24. The van der Waals surface area contributed by atoms with Crippen LogP contribution < -0.4 is 0 Å². The molecule has 0 saturated heterocycles. The molecule has 0 aliphatic carbocycles. The quantitative estimate of drug-likeness (QED) is 0.408. The first-order valence-corrected chi connectivity index (χ1v) is 8.62. The van der Waals surface area contributed by atoms with Crippen LogP contribution in [-0.2, 0) is 21.3 Å². The molecule has 0 bridgehead atoms. The number of rotatable bonds is 7. The number of hydrogen-bond acceptors (Lipinski definition) is 7. The van der Waals surface area contributed by atoms with Gasteiger partial charge in [-0.15, -0.1) is 0 Å². The molecule has 1 aromatic carbocycles. The molecule has 0 saturated carbocycles. The van der Waals surface area contributed by atoms with Gasteiger partial charge in [0.1, 0.15) is 11.3 Å². The maximum Gasteiger partial charge on any atom is 0.341 e. The van der Waals surface area contributed by atoms with Gasteiger partial charge < -0.3 is 18.8 Å². The molecule has 2 aromatic rings. The van der Waals surface area contributed by atoms with Gasteiger partial charge in [0, 0.05) is 18.8 Å². The van der Waals surface area contributed by atoms with Crippen LogP contribution >= 0.6 is 0 Å². The largest absolute Gasteiger partial charge is 0.465 e. The fraction of sp³-hybridized carbons (Fsp3) is 0.300. The number of benzene rings is 1. The average molecular weight is 387 g/mol. The van der Waals surface area contributed by atoms with E-state index in [1.54, 1.807) is 26.0 Å². The lowest BCUT2D eigenvalue weighted by Crippen LogP contribution is -2.19. The van der Waals surface area contributed by atoms with Gasteiger partial charge in [-0.25, -0.2) is 14.4 Å². The Hall–Kier alpha value is -3.42. The Balaban J connectivity index is 2.68. The minimum absolute atomic E-state index is 0.0384. The lowest BCUT2D eigenvalue weighted by Gasteiger charge is -2.10. The number of esters is 3.